The average Bonchev–Trinajstić information content (AvgIpc) is 3.64. The maximum atomic E-state index is 13.7. The molecule has 1 aromatic carbocycles. The van der Waals surface area contributed by atoms with Crippen LogP contribution in [0.5, 0.6) is 0 Å². The fourth-order valence-electron chi connectivity index (χ4n) is 4.60. The van der Waals surface area contributed by atoms with Crippen LogP contribution >= 0.6 is 0 Å². The maximum absolute atomic E-state index is 13.7. The zero-order valence-corrected chi connectivity index (χ0v) is 20.8. The minimum atomic E-state index is -0.0374. The van der Waals surface area contributed by atoms with Crippen molar-refractivity contribution in [3.8, 4) is 28.3 Å². The Morgan fingerprint density at radius 3 is 2.64 bits per heavy atom. The Hall–Kier alpha value is -4.27. The van der Waals surface area contributed by atoms with Crippen molar-refractivity contribution in [3.05, 3.63) is 88.5 Å². The Balaban J connectivity index is 1.51. The van der Waals surface area contributed by atoms with Gasteiger partial charge in [-0.2, -0.15) is 0 Å². The van der Waals surface area contributed by atoms with Gasteiger partial charge in [0.25, 0.3) is 0 Å². The molecule has 1 N–H and O–H groups in total. The predicted octanol–water partition coefficient (Wildman–Crippen LogP) is 4.40. The number of aryl methyl sites for hydroxylation is 3. The van der Waals surface area contributed by atoms with Gasteiger partial charge in [0.05, 0.1) is 12.2 Å². The molecule has 0 saturated carbocycles. The summed E-state index contributed by atoms with van der Waals surface area (Å²) in [5.41, 5.74) is 5.86. The number of tetrazole rings is 1. The lowest BCUT2D eigenvalue weighted by molar-refractivity contribution is 0.656. The van der Waals surface area contributed by atoms with E-state index in [2.05, 4.69) is 50.1 Å². The summed E-state index contributed by atoms with van der Waals surface area (Å²) in [6.07, 6.45) is 8.77. The van der Waals surface area contributed by atoms with Gasteiger partial charge in [-0.15, -0.1) is 5.10 Å². The summed E-state index contributed by atoms with van der Waals surface area (Å²) in [5, 5.41) is 14.2. The van der Waals surface area contributed by atoms with Crippen LogP contribution in [-0.4, -0.2) is 39.3 Å². The SMILES string of the molecule is CCCCc1cn(-c2c(C)ccn2CC)c(=O)n1Cc1cc(-c2cccc(-c3nnn[nH]3)c2)ccn1. The minimum absolute atomic E-state index is 0.0374. The molecule has 0 radical (unpaired) electrons. The molecular weight excluding hydrogens is 452 g/mol. The number of hydrogen-bond donors (Lipinski definition) is 1. The molecule has 184 valence electrons. The van der Waals surface area contributed by atoms with Crippen LogP contribution in [0.15, 0.2) is 65.8 Å². The smallest absolute Gasteiger partial charge is 0.334 e. The first-order chi connectivity index (χ1) is 17.6. The number of rotatable bonds is 9. The highest BCUT2D eigenvalue weighted by Gasteiger charge is 2.17. The summed E-state index contributed by atoms with van der Waals surface area (Å²) >= 11 is 0. The van der Waals surface area contributed by atoms with Crippen molar-refractivity contribution >= 4 is 0 Å². The molecule has 4 aromatic heterocycles. The molecule has 0 saturated heterocycles. The van der Waals surface area contributed by atoms with Crippen LogP contribution in [0.25, 0.3) is 28.3 Å². The molecule has 4 heterocycles. The van der Waals surface area contributed by atoms with Crippen molar-refractivity contribution in [2.45, 2.75) is 53.1 Å². The van der Waals surface area contributed by atoms with E-state index in [0.29, 0.717) is 12.4 Å². The number of H-pyrrole nitrogens is 1. The largest absolute Gasteiger partial charge is 0.334 e. The molecule has 0 spiro atoms. The van der Waals surface area contributed by atoms with Gasteiger partial charge in [-0.05, 0) is 78.1 Å². The predicted molar refractivity (Wildman–Crippen MR) is 139 cm³/mol. The fraction of sp³-hybridized carbons (Fsp3) is 0.296. The van der Waals surface area contributed by atoms with E-state index < -0.39 is 0 Å². The van der Waals surface area contributed by atoms with Crippen LogP contribution in [0.4, 0.5) is 0 Å². The van der Waals surface area contributed by atoms with Crippen LogP contribution in [0, 0.1) is 6.92 Å². The van der Waals surface area contributed by atoms with Crippen LogP contribution in [0.2, 0.25) is 0 Å². The van der Waals surface area contributed by atoms with E-state index in [9.17, 15) is 4.79 Å². The summed E-state index contributed by atoms with van der Waals surface area (Å²) in [4.78, 5) is 18.3. The van der Waals surface area contributed by atoms with Gasteiger partial charge in [0.1, 0.15) is 5.82 Å². The molecule has 5 aromatic rings. The van der Waals surface area contributed by atoms with Crippen molar-refractivity contribution in [2.24, 2.45) is 0 Å². The van der Waals surface area contributed by atoms with Gasteiger partial charge >= 0.3 is 5.69 Å². The third-order valence-electron chi connectivity index (χ3n) is 6.50. The standard InChI is InChI=1S/C27H30N8O/c1-4-6-10-24-18-35(26-19(3)12-14-33(26)5-2)27(36)34(24)17-23-16-21(11-13-28-23)20-8-7-9-22(15-20)25-29-31-32-30-25/h7-9,11-16,18H,4-6,10,17H2,1-3H3,(H,29,30,31,32). The maximum Gasteiger partial charge on any atom is 0.334 e. The van der Waals surface area contributed by atoms with Crippen LogP contribution in [-0.2, 0) is 19.5 Å². The molecule has 0 aliphatic carbocycles. The number of aromatic amines is 1. The molecule has 5 rings (SSSR count). The van der Waals surface area contributed by atoms with E-state index in [-0.39, 0.29) is 5.69 Å². The van der Waals surface area contributed by atoms with Gasteiger partial charge in [-0.1, -0.05) is 31.5 Å². The Kier molecular flexibility index (Phi) is 6.62. The Bertz CT molecular complexity index is 1520. The zero-order valence-electron chi connectivity index (χ0n) is 20.8. The van der Waals surface area contributed by atoms with Crippen molar-refractivity contribution in [2.75, 3.05) is 0 Å². The molecular formula is C27H30N8O. The molecule has 0 fully saturated rings. The van der Waals surface area contributed by atoms with Gasteiger partial charge in [0.15, 0.2) is 5.82 Å². The quantitative estimate of drug-likeness (QED) is 0.336. The lowest BCUT2D eigenvalue weighted by Crippen LogP contribution is -2.26. The first kappa shape index (κ1) is 23.5. The third-order valence-corrected chi connectivity index (χ3v) is 6.50. The number of hydrogen-bond acceptors (Lipinski definition) is 5. The first-order valence-corrected chi connectivity index (χ1v) is 12.4. The lowest BCUT2D eigenvalue weighted by Gasteiger charge is -2.09. The van der Waals surface area contributed by atoms with Gasteiger partial charge in [0, 0.05) is 36.4 Å². The second-order valence-electron chi connectivity index (χ2n) is 8.94. The van der Waals surface area contributed by atoms with Crippen molar-refractivity contribution in [3.63, 3.8) is 0 Å². The molecule has 0 aliphatic heterocycles. The normalized spacial score (nSPS) is 11.3. The number of aromatic nitrogens is 8. The summed E-state index contributed by atoms with van der Waals surface area (Å²) < 4.78 is 5.77. The first-order valence-electron chi connectivity index (χ1n) is 12.4. The van der Waals surface area contributed by atoms with Gasteiger partial charge < -0.3 is 4.57 Å². The number of benzene rings is 1. The van der Waals surface area contributed by atoms with Gasteiger partial charge in [0.2, 0.25) is 0 Å². The lowest BCUT2D eigenvalue weighted by atomic mass is 10.0. The number of imidazole rings is 1. The molecule has 0 amide bonds. The minimum Gasteiger partial charge on any atom is -0.334 e. The van der Waals surface area contributed by atoms with Crippen LogP contribution < -0.4 is 5.69 Å². The Labute approximate surface area is 209 Å². The molecule has 36 heavy (non-hydrogen) atoms. The molecule has 0 atom stereocenters. The van der Waals surface area contributed by atoms with E-state index in [1.165, 1.54) is 0 Å². The highest BCUT2D eigenvalue weighted by atomic mass is 16.1. The number of nitrogens with zero attached hydrogens (tertiary/aromatic N) is 7. The summed E-state index contributed by atoms with van der Waals surface area (Å²) in [7, 11) is 0. The van der Waals surface area contributed by atoms with Gasteiger partial charge in [-0.25, -0.2) is 9.89 Å². The summed E-state index contributed by atoms with van der Waals surface area (Å²) in [5.74, 6) is 1.55. The summed E-state index contributed by atoms with van der Waals surface area (Å²) in [6, 6.07) is 14.1. The van der Waals surface area contributed by atoms with Crippen molar-refractivity contribution in [1.82, 2.24) is 39.3 Å². The Morgan fingerprint density at radius 1 is 1.03 bits per heavy atom. The average molecular weight is 483 g/mol. The monoisotopic (exact) mass is 482 g/mol. The number of unbranched alkanes of at least 4 members (excludes halogenated alkanes) is 1. The second-order valence-corrected chi connectivity index (χ2v) is 8.94. The topological polar surface area (TPSA) is 99.2 Å². The van der Waals surface area contributed by atoms with E-state index >= 15 is 0 Å². The van der Waals surface area contributed by atoms with E-state index in [1.807, 2.05) is 60.3 Å². The van der Waals surface area contributed by atoms with E-state index in [4.69, 9.17) is 0 Å². The van der Waals surface area contributed by atoms with Crippen molar-refractivity contribution < 1.29 is 0 Å². The van der Waals surface area contributed by atoms with Crippen molar-refractivity contribution in [1.29, 1.82) is 0 Å². The molecule has 9 heteroatoms. The second kappa shape index (κ2) is 10.2. The zero-order chi connectivity index (χ0) is 25.1. The van der Waals surface area contributed by atoms with Crippen LogP contribution in [0.3, 0.4) is 0 Å². The van der Waals surface area contributed by atoms with Crippen LogP contribution in [0.1, 0.15) is 43.6 Å². The molecule has 9 nitrogen and oxygen atoms in total. The molecule has 0 unspecified atom stereocenters. The fourth-order valence-corrected chi connectivity index (χ4v) is 4.60. The Morgan fingerprint density at radius 2 is 1.86 bits per heavy atom. The third kappa shape index (κ3) is 4.51. The number of nitrogens with one attached hydrogen (secondary N) is 1. The molecule has 0 bridgehead atoms. The van der Waals surface area contributed by atoms with Gasteiger partial charge in [-0.3, -0.25) is 14.1 Å². The highest BCUT2D eigenvalue weighted by molar-refractivity contribution is 5.70. The number of pyridine rings is 1. The summed E-state index contributed by atoms with van der Waals surface area (Å²) in [6.45, 7) is 7.52. The van der Waals surface area contributed by atoms with E-state index in [1.54, 1.807) is 10.8 Å². The highest BCUT2D eigenvalue weighted by Crippen LogP contribution is 2.25. The van der Waals surface area contributed by atoms with E-state index in [0.717, 1.165) is 65.3 Å². The molecule has 0 aliphatic rings.